The standard InChI is InChI=1S/C15H26N4OS/c1-20-9-4-16-10-14-12-21-15(17-14)19-7-5-18(6-8-19)11-13-2-3-13/h12-13,16H,2-11H2,1H3. The highest BCUT2D eigenvalue weighted by Crippen LogP contribution is 2.30. The first-order valence-corrected chi connectivity index (χ1v) is 8.84. The molecule has 1 aromatic heterocycles. The zero-order valence-corrected chi connectivity index (χ0v) is 13.7. The van der Waals surface area contributed by atoms with Crippen molar-refractivity contribution in [3.05, 3.63) is 11.1 Å². The maximum absolute atomic E-state index is 5.03. The lowest BCUT2D eigenvalue weighted by Crippen LogP contribution is -2.47. The molecule has 118 valence electrons. The van der Waals surface area contributed by atoms with E-state index in [0.717, 1.165) is 44.4 Å². The first kappa shape index (κ1) is 15.2. The van der Waals surface area contributed by atoms with E-state index in [9.17, 15) is 0 Å². The van der Waals surface area contributed by atoms with Crippen LogP contribution in [0.15, 0.2) is 5.38 Å². The molecule has 1 aliphatic carbocycles. The molecule has 0 radical (unpaired) electrons. The minimum Gasteiger partial charge on any atom is -0.383 e. The van der Waals surface area contributed by atoms with Gasteiger partial charge in [-0.25, -0.2) is 4.98 Å². The quantitative estimate of drug-likeness (QED) is 0.735. The number of nitrogens with one attached hydrogen (secondary N) is 1. The molecule has 1 N–H and O–H groups in total. The number of thiazole rings is 1. The second-order valence-electron chi connectivity index (χ2n) is 6.02. The maximum atomic E-state index is 5.03. The van der Waals surface area contributed by atoms with Crippen LogP contribution in [0.25, 0.3) is 0 Å². The third-order valence-electron chi connectivity index (χ3n) is 4.18. The van der Waals surface area contributed by atoms with Crippen LogP contribution in [0.5, 0.6) is 0 Å². The Labute approximate surface area is 131 Å². The molecule has 1 saturated heterocycles. The van der Waals surface area contributed by atoms with E-state index in [1.54, 1.807) is 18.4 Å². The molecule has 3 rings (SSSR count). The average Bonchev–Trinajstić information content (AvgIpc) is 3.20. The summed E-state index contributed by atoms with van der Waals surface area (Å²) >= 11 is 1.77. The number of hydrogen-bond donors (Lipinski definition) is 1. The predicted octanol–water partition coefficient (Wildman–Crippen LogP) is 1.41. The van der Waals surface area contributed by atoms with Crippen LogP contribution in [0.3, 0.4) is 0 Å². The molecule has 0 unspecified atom stereocenters. The molecule has 0 bridgehead atoms. The van der Waals surface area contributed by atoms with Crippen LogP contribution in [0, 0.1) is 5.92 Å². The first-order valence-electron chi connectivity index (χ1n) is 7.96. The molecule has 21 heavy (non-hydrogen) atoms. The number of anilines is 1. The van der Waals surface area contributed by atoms with E-state index in [1.807, 2.05) is 0 Å². The summed E-state index contributed by atoms with van der Waals surface area (Å²) in [5.41, 5.74) is 1.14. The van der Waals surface area contributed by atoms with E-state index in [-0.39, 0.29) is 0 Å². The Kier molecular flexibility index (Phi) is 5.46. The van der Waals surface area contributed by atoms with Crippen LogP contribution in [-0.2, 0) is 11.3 Å². The Morgan fingerprint density at radius 3 is 2.86 bits per heavy atom. The minimum absolute atomic E-state index is 0.750. The topological polar surface area (TPSA) is 40.6 Å². The minimum atomic E-state index is 0.750. The third-order valence-corrected chi connectivity index (χ3v) is 5.14. The number of methoxy groups -OCH3 is 1. The van der Waals surface area contributed by atoms with Gasteiger partial charge < -0.3 is 15.0 Å². The maximum Gasteiger partial charge on any atom is 0.185 e. The highest BCUT2D eigenvalue weighted by Gasteiger charge is 2.26. The molecule has 1 aromatic rings. The summed E-state index contributed by atoms with van der Waals surface area (Å²) in [5.74, 6) is 1.00. The van der Waals surface area contributed by atoms with E-state index < -0.39 is 0 Å². The summed E-state index contributed by atoms with van der Waals surface area (Å²) in [4.78, 5) is 9.81. The molecule has 0 aromatic carbocycles. The van der Waals surface area contributed by atoms with Crippen molar-refractivity contribution in [1.29, 1.82) is 0 Å². The summed E-state index contributed by atoms with van der Waals surface area (Å²) in [6.45, 7) is 8.41. The van der Waals surface area contributed by atoms with Gasteiger partial charge in [-0.05, 0) is 18.8 Å². The Hall–Kier alpha value is -0.690. The second kappa shape index (κ2) is 7.54. The van der Waals surface area contributed by atoms with Crippen LogP contribution in [0.2, 0.25) is 0 Å². The zero-order chi connectivity index (χ0) is 14.5. The largest absolute Gasteiger partial charge is 0.383 e. The molecule has 2 fully saturated rings. The SMILES string of the molecule is COCCNCc1csc(N2CCN(CC3CC3)CC2)n1. The summed E-state index contributed by atoms with van der Waals surface area (Å²) in [7, 11) is 1.73. The van der Waals surface area contributed by atoms with Gasteiger partial charge in [-0.15, -0.1) is 11.3 Å². The van der Waals surface area contributed by atoms with Gasteiger partial charge in [0.05, 0.1) is 12.3 Å². The molecule has 2 aliphatic rings. The number of ether oxygens (including phenoxy) is 1. The first-order chi connectivity index (χ1) is 10.3. The van der Waals surface area contributed by atoms with Crippen LogP contribution in [0.1, 0.15) is 18.5 Å². The van der Waals surface area contributed by atoms with Gasteiger partial charge in [0.25, 0.3) is 0 Å². The van der Waals surface area contributed by atoms with Crippen LogP contribution in [0.4, 0.5) is 5.13 Å². The highest BCUT2D eigenvalue weighted by molar-refractivity contribution is 7.13. The second-order valence-corrected chi connectivity index (χ2v) is 6.86. The number of aromatic nitrogens is 1. The molecule has 1 saturated carbocycles. The fourth-order valence-electron chi connectivity index (χ4n) is 2.70. The Morgan fingerprint density at radius 2 is 2.14 bits per heavy atom. The van der Waals surface area contributed by atoms with Crippen molar-refractivity contribution in [3.8, 4) is 0 Å². The van der Waals surface area contributed by atoms with Gasteiger partial charge >= 0.3 is 0 Å². The third kappa shape index (κ3) is 4.64. The number of piperazine rings is 1. The average molecular weight is 310 g/mol. The summed E-state index contributed by atoms with van der Waals surface area (Å²) in [6.07, 6.45) is 2.90. The Morgan fingerprint density at radius 1 is 1.33 bits per heavy atom. The zero-order valence-electron chi connectivity index (χ0n) is 12.9. The number of rotatable bonds is 8. The van der Waals surface area contributed by atoms with Crippen molar-refractivity contribution in [1.82, 2.24) is 15.2 Å². The molecule has 2 heterocycles. The van der Waals surface area contributed by atoms with Crippen molar-refractivity contribution >= 4 is 16.5 Å². The lowest BCUT2D eigenvalue weighted by molar-refractivity contribution is 0.199. The Balaban J connectivity index is 1.41. The fourth-order valence-corrected chi connectivity index (χ4v) is 3.58. The molecule has 5 nitrogen and oxygen atoms in total. The molecular formula is C15H26N4OS. The van der Waals surface area contributed by atoms with E-state index in [4.69, 9.17) is 9.72 Å². The number of nitrogens with zero attached hydrogens (tertiary/aromatic N) is 3. The van der Waals surface area contributed by atoms with Gasteiger partial charge in [-0.3, -0.25) is 4.90 Å². The van der Waals surface area contributed by atoms with Crippen LogP contribution in [-0.4, -0.2) is 62.9 Å². The fraction of sp³-hybridized carbons (Fsp3) is 0.800. The van der Waals surface area contributed by atoms with Crippen molar-refractivity contribution < 1.29 is 4.74 Å². The molecule has 6 heteroatoms. The monoisotopic (exact) mass is 310 g/mol. The van der Waals surface area contributed by atoms with E-state index >= 15 is 0 Å². The molecule has 0 amide bonds. The van der Waals surface area contributed by atoms with Crippen molar-refractivity contribution in [2.45, 2.75) is 19.4 Å². The highest BCUT2D eigenvalue weighted by atomic mass is 32.1. The Bertz CT molecular complexity index is 427. The summed E-state index contributed by atoms with van der Waals surface area (Å²) in [5, 5.41) is 6.70. The predicted molar refractivity (Wildman–Crippen MR) is 87.1 cm³/mol. The van der Waals surface area contributed by atoms with Crippen LogP contribution >= 0.6 is 11.3 Å². The van der Waals surface area contributed by atoms with Gasteiger partial charge in [0.15, 0.2) is 5.13 Å². The molecule has 0 atom stereocenters. The summed E-state index contributed by atoms with van der Waals surface area (Å²) in [6, 6.07) is 0. The van der Waals surface area contributed by atoms with E-state index in [2.05, 4.69) is 20.5 Å². The normalized spacial score (nSPS) is 20.1. The van der Waals surface area contributed by atoms with Crippen molar-refractivity contribution in [3.63, 3.8) is 0 Å². The molecular weight excluding hydrogens is 284 g/mol. The van der Waals surface area contributed by atoms with Gasteiger partial charge in [0.2, 0.25) is 0 Å². The molecule has 0 spiro atoms. The van der Waals surface area contributed by atoms with Crippen molar-refractivity contribution in [2.24, 2.45) is 5.92 Å². The smallest absolute Gasteiger partial charge is 0.185 e. The van der Waals surface area contributed by atoms with Gasteiger partial charge in [0, 0.05) is 58.3 Å². The number of hydrogen-bond acceptors (Lipinski definition) is 6. The van der Waals surface area contributed by atoms with Gasteiger partial charge in [0.1, 0.15) is 0 Å². The summed E-state index contributed by atoms with van der Waals surface area (Å²) < 4.78 is 5.03. The van der Waals surface area contributed by atoms with E-state index in [0.29, 0.717) is 0 Å². The van der Waals surface area contributed by atoms with Gasteiger partial charge in [-0.2, -0.15) is 0 Å². The lowest BCUT2D eigenvalue weighted by Gasteiger charge is -2.34. The lowest BCUT2D eigenvalue weighted by atomic mass is 10.3. The van der Waals surface area contributed by atoms with Gasteiger partial charge in [-0.1, -0.05) is 0 Å². The van der Waals surface area contributed by atoms with Crippen molar-refractivity contribution in [2.75, 3.05) is 57.9 Å². The molecule has 1 aliphatic heterocycles. The van der Waals surface area contributed by atoms with Crippen LogP contribution < -0.4 is 10.2 Å². The van der Waals surface area contributed by atoms with E-state index in [1.165, 1.54) is 37.6 Å².